The third kappa shape index (κ3) is 6.53. The molecule has 0 amide bonds. The molecular formula is C69H52N4. The van der Waals surface area contributed by atoms with Crippen LogP contribution in [0.15, 0.2) is 242 Å². The molecule has 2 aliphatic heterocycles. The minimum atomic E-state index is 0.00583. The smallest absolute Gasteiger partial charge is 0.0703 e. The van der Waals surface area contributed by atoms with Crippen LogP contribution in [0.25, 0.3) is 44.8 Å². The molecule has 73 heavy (non-hydrogen) atoms. The quantitative estimate of drug-likeness (QED) is 0.122. The number of para-hydroxylation sites is 8. The fraction of sp³-hybridized carbons (Fsp3) is 0.101. The van der Waals surface area contributed by atoms with E-state index in [1.165, 1.54) is 143 Å². The minimum absolute atomic E-state index is 0.00583. The molecule has 4 nitrogen and oxygen atoms in total. The van der Waals surface area contributed by atoms with E-state index in [1.54, 1.807) is 0 Å². The van der Waals surface area contributed by atoms with E-state index >= 15 is 0 Å². The van der Waals surface area contributed by atoms with Gasteiger partial charge in [-0.15, -0.1) is 0 Å². The molecule has 4 heteroatoms. The van der Waals surface area contributed by atoms with Crippen LogP contribution in [0, 0.1) is 0 Å². The van der Waals surface area contributed by atoms with Crippen LogP contribution in [0.3, 0.4) is 0 Å². The van der Waals surface area contributed by atoms with E-state index in [0.717, 1.165) is 18.5 Å². The highest BCUT2D eigenvalue weighted by Gasteiger charge is 2.46. The molecule has 0 aromatic heterocycles. The van der Waals surface area contributed by atoms with Crippen LogP contribution in [0.4, 0.5) is 56.9 Å². The SMILES string of the molecule is C1=CC2=C(CC1)N(c1ccc3c(ccc4cc(/C=C/c5ccc6c(c5)C5(CCCC5)c5cc(N7c8ccccc8N(c8ccccc8)c8ccccc87)ccc5-6)ccc43)c1)c1ccccc1N2c1ccccc1. The number of nitrogens with zero attached hydrogens (tertiary/aromatic N) is 4. The zero-order valence-electron chi connectivity index (χ0n) is 40.6. The van der Waals surface area contributed by atoms with Crippen molar-refractivity contribution in [2.24, 2.45) is 0 Å². The van der Waals surface area contributed by atoms with Gasteiger partial charge in [0.25, 0.3) is 0 Å². The fourth-order valence-corrected chi connectivity index (χ4v) is 13.2. The highest BCUT2D eigenvalue weighted by Crippen LogP contribution is 2.60. The molecule has 5 aliphatic rings. The van der Waals surface area contributed by atoms with Gasteiger partial charge in [-0.25, -0.2) is 0 Å². The Morgan fingerprint density at radius 2 is 0.836 bits per heavy atom. The van der Waals surface area contributed by atoms with Crippen LogP contribution in [0.1, 0.15) is 60.8 Å². The largest absolute Gasteiger partial charge is 0.310 e. The fourth-order valence-electron chi connectivity index (χ4n) is 13.2. The summed E-state index contributed by atoms with van der Waals surface area (Å²) in [4.78, 5) is 9.83. The molecule has 348 valence electrons. The molecule has 1 saturated carbocycles. The van der Waals surface area contributed by atoms with Crippen LogP contribution in [-0.2, 0) is 5.41 Å². The first kappa shape index (κ1) is 41.9. The molecule has 1 spiro atoms. The Labute approximate surface area is 427 Å². The van der Waals surface area contributed by atoms with Gasteiger partial charge in [-0.3, -0.25) is 0 Å². The van der Waals surface area contributed by atoms with E-state index in [9.17, 15) is 0 Å². The summed E-state index contributed by atoms with van der Waals surface area (Å²) in [5.41, 5.74) is 22.7. The summed E-state index contributed by atoms with van der Waals surface area (Å²) in [6.07, 6.45) is 16.1. The molecule has 0 atom stereocenters. The van der Waals surface area contributed by atoms with Gasteiger partial charge in [-0.1, -0.05) is 158 Å². The van der Waals surface area contributed by atoms with Crippen molar-refractivity contribution >= 4 is 90.6 Å². The van der Waals surface area contributed by atoms with E-state index < -0.39 is 0 Å². The summed E-state index contributed by atoms with van der Waals surface area (Å²) in [6.45, 7) is 0. The summed E-state index contributed by atoms with van der Waals surface area (Å²) in [6, 6.07) is 81.2. The minimum Gasteiger partial charge on any atom is -0.310 e. The zero-order chi connectivity index (χ0) is 48.0. The second kappa shape index (κ2) is 16.6. The molecule has 0 saturated heterocycles. The van der Waals surface area contributed by atoms with Gasteiger partial charge in [0.05, 0.1) is 39.8 Å². The number of hydrogen-bond donors (Lipinski definition) is 0. The van der Waals surface area contributed by atoms with Crippen LogP contribution in [0.2, 0.25) is 0 Å². The number of benzene rings is 10. The van der Waals surface area contributed by atoms with Crippen molar-refractivity contribution < 1.29 is 0 Å². The molecule has 1 fully saturated rings. The van der Waals surface area contributed by atoms with Gasteiger partial charge in [0, 0.05) is 33.9 Å². The van der Waals surface area contributed by atoms with Gasteiger partial charge >= 0.3 is 0 Å². The van der Waals surface area contributed by atoms with Gasteiger partial charge in [0.1, 0.15) is 0 Å². The molecule has 0 unspecified atom stereocenters. The number of rotatable bonds is 6. The van der Waals surface area contributed by atoms with Crippen LogP contribution < -0.4 is 19.6 Å². The Hall–Kier alpha value is -8.86. The number of allylic oxidation sites excluding steroid dienone is 3. The van der Waals surface area contributed by atoms with E-state index in [0.29, 0.717) is 0 Å². The van der Waals surface area contributed by atoms with Gasteiger partial charge in [-0.2, -0.15) is 0 Å². The maximum Gasteiger partial charge on any atom is 0.0703 e. The van der Waals surface area contributed by atoms with Crippen molar-refractivity contribution in [3.63, 3.8) is 0 Å². The maximum atomic E-state index is 2.54. The monoisotopic (exact) mass is 936 g/mol. The van der Waals surface area contributed by atoms with Crippen LogP contribution in [-0.4, -0.2) is 0 Å². The molecule has 10 aromatic carbocycles. The van der Waals surface area contributed by atoms with Crippen molar-refractivity contribution in [1.82, 2.24) is 0 Å². The summed E-state index contributed by atoms with van der Waals surface area (Å²) in [5, 5.41) is 5.05. The number of hydrogen-bond acceptors (Lipinski definition) is 4. The maximum absolute atomic E-state index is 2.54. The van der Waals surface area contributed by atoms with Crippen molar-refractivity contribution in [3.05, 3.63) is 264 Å². The first-order chi connectivity index (χ1) is 36.2. The second-order valence-electron chi connectivity index (χ2n) is 20.4. The Kier molecular flexibility index (Phi) is 9.53. The van der Waals surface area contributed by atoms with Crippen molar-refractivity contribution in [2.45, 2.75) is 43.9 Å². The molecule has 3 aliphatic carbocycles. The zero-order valence-corrected chi connectivity index (χ0v) is 40.6. The lowest BCUT2D eigenvalue weighted by Crippen LogP contribution is -2.32. The van der Waals surface area contributed by atoms with Gasteiger partial charge in [0.15, 0.2) is 0 Å². The lowest BCUT2D eigenvalue weighted by Gasteiger charge is -2.42. The van der Waals surface area contributed by atoms with E-state index in [1.807, 2.05) is 0 Å². The summed E-state index contributed by atoms with van der Waals surface area (Å²) in [5.74, 6) is 0. The topological polar surface area (TPSA) is 13.0 Å². The first-order valence-corrected chi connectivity index (χ1v) is 26.1. The van der Waals surface area contributed by atoms with Crippen LogP contribution in [0.5, 0.6) is 0 Å². The summed E-state index contributed by atoms with van der Waals surface area (Å²) in [7, 11) is 0. The number of fused-ring (bicyclic) bond motifs is 11. The van der Waals surface area contributed by atoms with Crippen molar-refractivity contribution in [2.75, 3.05) is 19.6 Å². The van der Waals surface area contributed by atoms with E-state index in [4.69, 9.17) is 0 Å². The predicted molar refractivity (Wildman–Crippen MR) is 307 cm³/mol. The number of anilines is 10. The first-order valence-electron chi connectivity index (χ1n) is 26.1. The molecule has 15 rings (SSSR count). The van der Waals surface area contributed by atoms with E-state index in [-0.39, 0.29) is 5.41 Å². The average Bonchev–Trinajstić information content (AvgIpc) is 4.06. The molecule has 0 radical (unpaired) electrons. The molecule has 10 aromatic rings. The standard InChI is InChI=1S/C69H52N4/c1-3-17-51(18-4-1)70-61-21-7-11-25-65(61)72(66-26-12-8-22-62(66)70)53-35-39-56-50(45-53)34-33-49-43-47(31-37-55(49)56)29-30-48-32-38-57-58-40-36-54(46-60(58)69(59(57)44-48)41-15-16-42-69)73-67-27-13-9-23-63(67)71(52-19-5-2-6-20-52)64-24-10-14-28-68(64)73/h1-11,13-14,17-25,27-40,43-46H,12,15-16,26,41-42H2/b30-29+. The summed E-state index contributed by atoms with van der Waals surface area (Å²) < 4.78 is 0. The van der Waals surface area contributed by atoms with Gasteiger partial charge in [0.2, 0.25) is 0 Å². The van der Waals surface area contributed by atoms with E-state index in [2.05, 4.69) is 262 Å². The third-order valence-corrected chi connectivity index (χ3v) is 16.4. The predicted octanol–water partition coefficient (Wildman–Crippen LogP) is 19.1. The van der Waals surface area contributed by atoms with Gasteiger partial charge < -0.3 is 19.6 Å². The Bertz CT molecular complexity index is 3900. The van der Waals surface area contributed by atoms with Crippen molar-refractivity contribution in [3.8, 4) is 11.1 Å². The average molecular weight is 937 g/mol. The second-order valence-corrected chi connectivity index (χ2v) is 20.4. The third-order valence-electron chi connectivity index (χ3n) is 16.4. The van der Waals surface area contributed by atoms with Crippen molar-refractivity contribution in [1.29, 1.82) is 0 Å². The molecule has 0 bridgehead atoms. The lowest BCUT2D eigenvalue weighted by molar-refractivity contribution is 0.550. The summed E-state index contributed by atoms with van der Waals surface area (Å²) >= 11 is 0. The molecule has 0 N–H and O–H groups in total. The van der Waals surface area contributed by atoms with Crippen LogP contribution >= 0.6 is 0 Å². The lowest BCUT2D eigenvalue weighted by atomic mass is 9.76. The molecule has 2 heterocycles. The normalized spacial score (nSPS) is 16.0. The highest BCUT2D eigenvalue weighted by atomic mass is 15.3. The Morgan fingerprint density at radius 3 is 1.48 bits per heavy atom. The Balaban J connectivity index is 0.740. The molecular weight excluding hydrogens is 885 g/mol. The van der Waals surface area contributed by atoms with Gasteiger partial charge in [-0.05, 0) is 178 Å². The highest BCUT2D eigenvalue weighted by molar-refractivity contribution is 6.09. The Morgan fingerprint density at radius 1 is 0.370 bits per heavy atom.